The van der Waals surface area contributed by atoms with Crippen LogP contribution in [0, 0.1) is 6.92 Å². The van der Waals surface area contributed by atoms with Crippen molar-refractivity contribution < 1.29 is 9.53 Å². The van der Waals surface area contributed by atoms with Gasteiger partial charge in [0, 0.05) is 30.9 Å². The van der Waals surface area contributed by atoms with Gasteiger partial charge in [0.1, 0.15) is 29.2 Å². The molecule has 178 valence electrons. The molecule has 0 spiro atoms. The number of aromatic nitrogens is 5. The second-order valence-corrected chi connectivity index (χ2v) is 8.78. The summed E-state index contributed by atoms with van der Waals surface area (Å²) in [7, 11) is 1.96. The van der Waals surface area contributed by atoms with Crippen molar-refractivity contribution in [1.29, 1.82) is 0 Å². The van der Waals surface area contributed by atoms with Crippen LogP contribution < -0.4 is 15.0 Å². The molecule has 0 radical (unpaired) electrons. The van der Waals surface area contributed by atoms with Gasteiger partial charge in [-0.25, -0.2) is 19.9 Å². The van der Waals surface area contributed by atoms with Crippen molar-refractivity contribution in [3.63, 3.8) is 0 Å². The molecule has 4 heterocycles. The average molecular weight is 478 g/mol. The maximum Gasteiger partial charge on any atom is 0.254 e. The van der Waals surface area contributed by atoms with Crippen molar-refractivity contribution in [1.82, 2.24) is 24.5 Å². The quantitative estimate of drug-likeness (QED) is 0.354. The minimum Gasteiger partial charge on any atom is -0.457 e. The molecule has 0 atom stereocenters. The molecule has 0 aliphatic carbocycles. The molecule has 3 aromatic heterocycles. The summed E-state index contributed by atoms with van der Waals surface area (Å²) in [5.74, 6) is 2.50. The van der Waals surface area contributed by atoms with E-state index in [4.69, 9.17) is 9.72 Å². The smallest absolute Gasteiger partial charge is 0.254 e. The van der Waals surface area contributed by atoms with Gasteiger partial charge in [-0.15, -0.1) is 0 Å². The van der Waals surface area contributed by atoms with Gasteiger partial charge in [0.05, 0.1) is 22.9 Å². The Morgan fingerprint density at radius 3 is 2.72 bits per heavy atom. The summed E-state index contributed by atoms with van der Waals surface area (Å²) in [6.45, 7) is 6.39. The number of carbonyl (C=O) groups is 1. The molecular formula is C27H23N7O2. The number of pyridine rings is 1. The van der Waals surface area contributed by atoms with Crippen molar-refractivity contribution in [2.75, 3.05) is 16.8 Å². The van der Waals surface area contributed by atoms with Crippen LogP contribution in [0.25, 0.3) is 22.1 Å². The normalized spacial score (nSPS) is 13.7. The topological polar surface area (TPSA) is 98.1 Å². The Labute approximate surface area is 207 Å². The molecule has 5 aromatic rings. The number of rotatable bonds is 5. The number of hydrogen-bond donors (Lipinski definition) is 1. The van der Waals surface area contributed by atoms with Gasteiger partial charge in [0.15, 0.2) is 5.82 Å². The van der Waals surface area contributed by atoms with Crippen LogP contribution >= 0.6 is 0 Å². The first-order valence-corrected chi connectivity index (χ1v) is 11.5. The highest BCUT2D eigenvalue weighted by Gasteiger charge is 2.26. The van der Waals surface area contributed by atoms with E-state index in [2.05, 4.69) is 26.8 Å². The fourth-order valence-corrected chi connectivity index (χ4v) is 4.32. The summed E-state index contributed by atoms with van der Waals surface area (Å²) in [4.78, 5) is 31.9. The van der Waals surface area contributed by atoms with Crippen LogP contribution in [0.5, 0.6) is 11.5 Å². The number of imidazole rings is 1. The van der Waals surface area contributed by atoms with Crippen LogP contribution in [-0.4, -0.2) is 37.0 Å². The monoisotopic (exact) mass is 477 g/mol. The molecule has 36 heavy (non-hydrogen) atoms. The second-order valence-electron chi connectivity index (χ2n) is 8.78. The lowest BCUT2D eigenvalue weighted by atomic mass is 10.2. The molecule has 1 aliphatic heterocycles. The van der Waals surface area contributed by atoms with Crippen LogP contribution in [0.4, 0.5) is 17.3 Å². The molecule has 9 heteroatoms. The standard InChI is InChI=1S/C27H23N7O2/c1-16-10-11-34(27(16)35)24-9-6-20-25(32-24)26(29-14-28-20)31-18-4-8-23(17(2)12-18)36-19-5-7-22-21(13-19)30-15-33(22)3/h4-9,12-15H,1,10-11H2,2-3H3,(H,28,29,31). The predicted molar refractivity (Wildman–Crippen MR) is 139 cm³/mol. The summed E-state index contributed by atoms with van der Waals surface area (Å²) in [6, 6.07) is 15.3. The molecule has 9 nitrogen and oxygen atoms in total. The van der Waals surface area contributed by atoms with Gasteiger partial charge in [-0.2, -0.15) is 0 Å². The van der Waals surface area contributed by atoms with Crippen LogP contribution in [0.2, 0.25) is 0 Å². The third-order valence-corrected chi connectivity index (χ3v) is 6.29. The Morgan fingerprint density at radius 1 is 1.03 bits per heavy atom. The zero-order valence-electron chi connectivity index (χ0n) is 19.9. The van der Waals surface area contributed by atoms with Crippen LogP contribution in [0.1, 0.15) is 12.0 Å². The fourth-order valence-electron chi connectivity index (χ4n) is 4.32. The van der Waals surface area contributed by atoms with E-state index in [0.29, 0.717) is 41.2 Å². The van der Waals surface area contributed by atoms with Crippen molar-refractivity contribution >= 4 is 45.3 Å². The van der Waals surface area contributed by atoms with E-state index in [-0.39, 0.29) is 5.91 Å². The largest absolute Gasteiger partial charge is 0.457 e. The number of aryl methyl sites for hydroxylation is 2. The molecule has 1 N–H and O–H groups in total. The van der Waals surface area contributed by atoms with E-state index in [1.807, 2.05) is 61.0 Å². The maximum absolute atomic E-state index is 12.4. The zero-order chi connectivity index (χ0) is 24.8. The highest BCUT2D eigenvalue weighted by molar-refractivity contribution is 6.07. The number of nitrogens with one attached hydrogen (secondary N) is 1. The number of nitrogens with zero attached hydrogens (tertiary/aromatic N) is 6. The van der Waals surface area contributed by atoms with E-state index in [1.165, 1.54) is 6.33 Å². The molecule has 2 aromatic carbocycles. The van der Waals surface area contributed by atoms with Crippen LogP contribution in [0.3, 0.4) is 0 Å². The third kappa shape index (κ3) is 3.80. The molecule has 1 saturated heterocycles. The van der Waals surface area contributed by atoms with Crippen molar-refractivity contribution in [2.45, 2.75) is 13.3 Å². The number of benzene rings is 2. The Balaban J connectivity index is 1.26. The van der Waals surface area contributed by atoms with Gasteiger partial charge in [-0.05, 0) is 61.4 Å². The number of carbonyl (C=O) groups excluding carboxylic acids is 1. The fraction of sp³-hybridized carbons (Fsp3) is 0.148. The number of ether oxygens (including phenoxy) is 1. The Bertz CT molecular complexity index is 1670. The van der Waals surface area contributed by atoms with Gasteiger partial charge in [0.25, 0.3) is 5.91 Å². The number of hydrogen-bond acceptors (Lipinski definition) is 7. The maximum atomic E-state index is 12.4. The SMILES string of the molecule is C=C1CCN(c2ccc3ncnc(Nc4ccc(Oc5ccc6c(c5)ncn6C)c(C)c4)c3n2)C1=O. The third-order valence-electron chi connectivity index (χ3n) is 6.29. The Hall–Kier alpha value is -4.79. The van der Waals surface area contributed by atoms with Gasteiger partial charge in [-0.3, -0.25) is 9.69 Å². The summed E-state index contributed by atoms with van der Waals surface area (Å²) in [6.07, 6.45) is 3.92. The first-order chi connectivity index (χ1) is 17.5. The Kier molecular flexibility index (Phi) is 5.10. The van der Waals surface area contributed by atoms with E-state index in [1.54, 1.807) is 17.3 Å². The van der Waals surface area contributed by atoms with Crippen molar-refractivity contribution in [2.24, 2.45) is 7.05 Å². The zero-order valence-corrected chi connectivity index (χ0v) is 19.9. The molecule has 6 rings (SSSR count). The van der Waals surface area contributed by atoms with Crippen molar-refractivity contribution in [3.8, 4) is 11.5 Å². The van der Waals surface area contributed by atoms with E-state index < -0.39 is 0 Å². The molecule has 0 bridgehead atoms. The molecule has 1 fully saturated rings. The molecule has 0 unspecified atom stereocenters. The molecular weight excluding hydrogens is 454 g/mol. The minimum atomic E-state index is -0.0957. The van der Waals surface area contributed by atoms with Crippen LogP contribution in [-0.2, 0) is 11.8 Å². The number of fused-ring (bicyclic) bond motifs is 2. The van der Waals surface area contributed by atoms with Gasteiger partial charge >= 0.3 is 0 Å². The van der Waals surface area contributed by atoms with Crippen molar-refractivity contribution in [3.05, 3.63) is 78.9 Å². The van der Waals surface area contributed by atoms with E-state index >= 15 is 0 Å². The molecule has 0 saturated carbocycles. The van der Waals surface area contributed by atoms with E-state index in [9.17, 15) is 4.79 Å². The molecule has 1 aliphatic rings. The number of anilines is 3. The Morgan fingerprint density at radius 2 is 1.92 bits per heavy atom. The lowest BCUT2D eigenvalue weighted by Gasteiger charge is -2.16. The first kappa shape index (κ1) is 21.7. The first-order valence-electron chi connectivity index (χ1n) is 11.5. The summed E-state index contributed by atoms with van der Waals surface area (Å²) in [5, 5.41) is 3.34. The lowest BCUT2D eigenvalue weighted by Crippen LogP contribution is -2.25. The second kappa shape index (κ2) is 8.46. The average Bonchev–Trinajstić information content (AvgIpc) is 3.42. The summed E-state index contributed by atoms with van der Waals surface area (Å²) in [5.41, 5.74) is 5.58. The predicted octanol–water partition coefficient (Wildman–Crippen LogP) is 5.05. The van der Waals surface area contributed by atoms with Gasteiger partial charge < -0.3 is 14.6 Å². The van der Waals surface area contributed by atoms with Gasteiger partial charge in [0.2, 0.25) is 0 Å². The molecule has 1 amide bonds. The summed E-state index contributed by atoms with van der Waals surface area (Å²) < 4.78 is 8.11. The lowest BCUT2D eigenvalue weighted by molar-refractivity contribution is -0.114. The summed E-state index contributed by atoms with van der Waals surface area (Å²) >= 11 is 0. The minimum absolute atomic E-state index is 0.0957. The number of amides is 1. The highest BCUT2D eigenvalue weighted by atomic mass is 16.5. The van der Waals surface area contributed by atoms with E-state index in [0.717, 1.165) is 33.8 Å². The van der Waals surface area contributed by atoms with Gasteiger partial charge in [-0.1, -0.05) is 6.58 Å². The van der Waals surface area contributed by atoms with Crippen LogP contribution in [0.15, 0.2) is 73.3 Å². The highest BCUT2D eigenvalue weighted by Crippen LogP contribution is 2.31.